The van der Waals surface area contributed by atoms with E-state index in [1.54, 1.807) is 11.0 Å². The van der Waals surface area contributed by atoms with Gasteiger partial charge in [0, 0.05) is 5.41 Å². The van der Waals surface area contributed by atoms with E-state index in [2.05, 4.69) is 34.3 Å². The Morgan fingerprint density at radius 2 is 2.32 bits per heavy atom. The lowest BCUT2D eigenvalue weighted by Gasteiger charge is -2.26. The minimum atomic E-state index is -0.0585. The van der Waals surface area contributed by atoms with Crippen LogP contribution < -0.4 is 0 Å². The van der Waals surface area contributed by atoms with Crippen LogP contribution in [0.5, 0.6) is 0 Å². The zero-order valence-corrected chi connectivity index (χ0v) is 12.4. The third kappa shape index (κ3) is 2.21. The summed E-state index contributed by atoms with van der Waals surface area (Å²) in [5, 5.41) is 4.00. The molecule has 114 valence electrons. The summed E-state index contributed by atoms with van der Waals surface area (Å²) in [6.45, 7) is 0.915. The molecule has 1 saturated carbocycles. The van der Waals surface area contributed by atoms with Gasteiger partial charge in [-0.2, -0.15) is 5.10 Å². The lowest BCUT2D eigenvalue weighted by atomic mass is 9.79. The van der Waals surface area contributed by atoms with Crippen LogP contribution in [-0.4, -0.2) is 27.3 Å². The van der Waals surface area contributed by atoms with Gasteiger partial charge < -0.3 is 4.74 Å². The maximum atomic E-state index is 12.3. The molecule has 1 fully saturated rings. The standard InChI is InChI=1S/C17H19N3O2/c21-16(22-9-8-20-12-18-11-19-20)15-10-17(15)7-3-5-13-4-1-2-6-14(13)17/h1-2,4,6,11-12,15H,3,5,7-10H2. The van der Waals surface area contributed by atoms with E-state index in [-0.39, 0.29) is 17.3 Å². The monoisotopic (exact) mass is 297 g/mol. The summed E-state index contributed by atoms with van der Waals surface area (Å²) in [5.74, 6) is -0.0264. The molecule has 1 heterocycles. The summed E-state index contributed by atoms with van der Waals surface area (Å²) in [6.07, 6.45) is 7.45. The van der Waals surface area contributed by atoms with E-state index in [9.17, 15) is 4.79 Å². The van der Waals surface area contributed by atoms with Crippen molar-refractivity contribution in [2.24, 2.45) is 5.92 Å². The maximum Gasteiger partial charge on any atom is 0.309 e. The van der Waals surface area contributed by atoms with E-state index in [0.29, 0.717) is 13.2 Å². The van der Waals surface area contributed by atoms with Crippen molar-refractivity contribution in [3.05, 3.63) is 48.0 Å². The number of benzene rings is 1. The minimum absolute atomic E-state index is 0.0321. The largest absolute Gasteiger partial charge is 0.463 e. The molecule has 2 aliphatic carbocycles. The van der Waals surface area contributed by atoms with Crippen LogP contribution in [0.4, 0.5) is 0 Å². The van der Waals surface area contributed by atoms with Crippen molar-refractivity contribution in [2.75, 3.05) is 6.61 Å². The van der Waals surface area contributed by atoms with Crippen LogP contribution in [-0.2, 0) is 27.9 Å². The van der Waals surface area contributed by atoms with Gasteiger partial charge in [0.25, 0.3) is 0 Å². The Hall–Kier alpha value is -2.17. The molecule has 5 heteroatoms. The van der Waals surface area contributed by atoms with Crippen molar-refractivity contribution in [2.45, 2.75) is 37.6 Å². The van der Waals surface area contributed by atoms with Gasteiger partial charge in [-0.15, -0.1) is 0 Å². The summed E-state index contributed by atoms with van der Waals surface area (Å²) >= 11 is 0. The number of carbonyl (C=O) groups is 1. The Balaban J connectivity index is 1.40. The molecule has 4 rings (SSSR count). The highest BCUT2D eigenvalue weighted by Crippen LogP contribution is 2.60. The van der Waals surface area contributed by atoms with E-state index in [1.807, 2.05) is 0 Å². The maximum absolute atomic E-state index is 12.3. The molecule has 1 spiro atoms. The highest BCUT2D eigenvalue weighted by atomic mass is 16.5. The quantitative estimate of drug-likeness (QED) is 0.811. The second-order valence-electron chi connectivity index (χ2n) is 6.25. The lowest BCUT2D eigenvalue weighted by molar-refractivity contribution is -0.146. The van der Waals surface area contributed by atoms with Gasteiger partial charge in [-0.3, -0.25) is 4.79 Å². The normalized spacial score (nSPS) is 25.7. The average molecular weight is 297 g/mol. The third-order valence-corrected chi connectivity index (χ3v) is 5.01. The molecule has 0 saturated heterocycles. The molecule has 0 amide bonds. The highest BCUT2D eigenvalue weighted by molar-refractivity contribution is 5.79. The molecule has 5 nitrogen and oxygen atoms in total. The van der Waals surface area contributed by atoms with Crippen molar-refractivity contribution in [3.63, 3.8) is 0 Å². The molecule has 0 N–H and O–H groups in total. The smallest absolute Gasteiger partial charge is 0.309 e. The van der Waals surface area contributed by atoms with Gasteiger partial charge >= 0.3 is 5.97 Å². The molecule has 0 aliphatic heterocycles. The molecule has 2 aromatic rings. The van der Waals surface area contributed by atoms with Gasteiger partial charge in [0.15, 0.2) is 0 Å². The first-order chi connectivity index (χ1) is 10.8. The molecular formula is C17H19N3O2. The van der Waals surface area contributed by atoms with E-state index >= 15 is 0 Å². The number of fused-ring (bicyclic) bond motifs is 2. The van der Waals surface area contributed by atoms with Gasteiger partial charge in [-0.1, -0.05) is 24.3 Å². The van der Waals surface area contributed by atoms with Crippen molar-refractivity contribution in [3.8, 4) is 0 Å². The van der Waals surface area contributed by atoms with Crippen molar-refractivity contribution >= 4 is 5.97 Å². The topological polar surface area (TPSA) is 57.0 Å². The summed E-state index contributed by atoms with van der Waals surface area (Å²) in [6, 6.07) is 8.56. The number of hydrogen-bond donors (Lipinski definition) is 0. The number of hydrogen-bond acceptors (Lipinski definition) is 4. The fourth-order valence-corrected chi connectivity index (χ4v) is 3.83. The van der Waals surface area contributed by atoms with Crippen LogP contribution in [0.2, 0.25) is 0 Å². The molecule has 22 heavy (non-hydrogen) atoms. The second kappa shape index (κ2) is 5.23. The number of aromatic nitrogens is 3. The molecule has 0 radical (unpaired) electrons. The van der Waals surface area contributed by atoms with E-state index in [1.165, 1.54) is 23.9 Å². The number of nitrogens with zero attached hydrogens (tertiary/aromatic N) is 3. The number of carbonyl (C=O) groups excluding carboxylic acids is 1. The van der Waals surface area contributed by atoms with Crippen molar-refractivity contribution < 1.29 is 9.53 Å². The van der Waals surface area contributed by atoms with Crippen molar-refractivity contribution in [1.82, 2.24) is 14.8 Å². The number of aryl methyl sites for hydroxylation is 1. The molecule has 1 aromatic heterocycles. The van der Waals surface area contributed by atoms with Crippen LogP contribution in [0.25, 0.3) is 0 Å². The van der Waals surface area contributed by atoms with E-state index in [0.717, 1.165) is 19.3 Å². The summed E-state index contributed by atoms with van der Waals surface area (Å²) in [7, 11) is 0. The Morgan fingerprint density at radius 1 is 1.41 bits per heavy atom. The third-order valence-electron chi connectivity index (χ3n) is 5.01. The van der Waals surface area contributed by atoms with Crippen LogP contribution in [0.3, 0.4) is 0 Å². The van der Waals surface area contributed by atoms with Crippen LogP contribution in [0, 0.1) is 5.92 Å². The lowest BCUT2D eigenvalue weighted by Crippen LogP contribution is -2.23. The van der Waals surface area contributed by atoms with Crippen molar-refractivity contribution in [1.29, 1.82) is 0 Å². The zero-order chi connectivity index (χ0) is 15.0. The van der Waals surface area contributed by atoms with Gasteiger partial charge in [-0.05, 0) is 36.8 Å². The second-order valence-corrected chi connectivity index (χ2v) is 6.25. The average Bonchev–Trinajstić information content (AvgIpc) is 3.02. The van der Waals surface area contributed by atoms with Gasteiger partial charge in [0.1, 0.15) is 19.3 Å². The highest BCUT2D eigenvalue weighted by Gasteiger charge is 2.60. The summed E-state index contributed by atoms with van der Waals surface area (Å²) in [4.78, 5) is 16.2. The molecule has 0 bridgehead atoms. The van der Waals surface area contributed by atoms with Gasteiger partial charge in [0.05, 0.1) is 12.5 Å². The van der Waals surface area contributed by atoms with Crippen LogP contribution in [0.1, 0.15) is 30.4 Å². The summed E-state index contributed by atoms with van der Waals surface area (Å²) < 4.78 is 7.13. The zero-order valence-electron chi connectivity index (χ0n) is 12.4. The SMILES string of the molecule is O=C(OCCn1cncn1)C1CC12CCCc1ccccc12. The van der Waals surface area contributed by atoms with Crippen LogP contribution >= 0.6 is 0 Å². The predicted octanol–water partition coefficient (Wildman–Crippen LogP) is 2.12. The van der Waals surface area contributed by atoms with E-state index in [4.69, 9.17) is 4.74 Å². The fourth-order valence-electron chi connectivity index (χ4n) is 3.83. The van der Waals surface area contributed by atoms with Gasteiger partial charge in [-0.25, -0.2) is 9.67 Å². The number of ether oxygens (including phenoxy) is 1. The predicted molar refractivity (Wildman–Crippen MR) is 80.1 cm³/mol. The van der Waals surface area contributed by atoms with Crippen LogP contribution in [0.15, 0.2) is 36.9 Å². The number of rotatable bonds is 4. The molecule has 2 aliphatic rings. The number of esters is 1. The summed E-state index contributed by atoms with van der Waals surface area (Å²) in [5.41, 5.74) is 2.84. The molecule has 1 aromatic carbocycles. The molecule has 2 atom stereocenters. The Morgan fingerprint density at radius 3 is 3.18 bits per heavy atom. The van der Waals surface area contributed by atoms with E-state index < -0.39 is 0 Å². The Labute approximate surface area is 129 Å². The van der Waals surface area contributed by atoms with Gasteiger partial charge in [0.2, 0.25) is 0 Å². The fraction of sp³-hybridized carbons (Fsp3) is 0.471. The Kier molecular flexibility index (Phi) is 3.21. The Bertz CT molecular complexity index is 683. The first kappa shape index (κ1) is 13.5. The first-order valence-electron chi connectivity index (χ1n) is 7.87. The molecule has 2 unspecified atom stereocenters. The minimum Gasteiger partial charge on any atom is -0.463 e. The molecular weight excluding hydrogens is 278 g/mol. The first-order valence-corrected chi connectivity index (χ1v) is 7.87.